The van der Waals surface area contributed by atoms with E-state index in [9.17, 15) is 0 Å². The molecule has 0 atom stereocenters. The number of ether oxygens (including phenoxy) is 1. The molecule has 0 amide bonds. The first-order valence-electron chi connectivity index (χ1n) is 5.79. The minimum atomic E-state index is 0.0271. The van der Waals surface area contributed by atoms with E-state index >= 15 is 0 Å². The summed E-state index contributed by atoms with van der Waals surface area (Å²) in [6, 6.07) is 11.0. The number of aryl methyl sites for hydroxylation is 2. The van der Waals surface area contributed by atoms with Gasteiger partial charge in [0.1, 0.15) is 5.75 Å². The van der Waals surface area contributed by atoms with Crippen LogP contribution in [0.25, 0.3) is 0 Å². The van der Waals surface area contributed by atoms with Crippen LogP contribution in [0.5, 0.6) is 11.6 Å². The molecule has 3 N–H and O–H groups in total. The maximum Gasteiger partial charge on any atom is 0.220 e. The van der Waals surface area contributed by atoms with Crippen LogP contribution in [0.3, 0.4) is 0 Å². The molecule has 0 aliphatic heterocycles. The summed E-state index contributed by atoms with van der Waals surface area (Å²) < 4.78 is 5.65. The van der Waals surface area contributed by atoms with Gasteiger partial charge in [-0.15, -0.1) is 0 Å². The van der Waals surface area contributed by atoms with Crippen molar-refractivity contribution >= 4 is 5.84 Å². The third-order valence-corrected chi connectivity index (χ3v) is 2.58. The molecule has 0 radical (unpaired) electrons. The minimum Gasteiger partial charge on any atom is -0.439 e. The highest BCUT2D eigenvalue weighted by molar-refractivity contribution is 5.97. The quantitative estimate of drug-likeness (QED) is 0.383. The number of hydrogen-bond donors (Lipinski definition) is 2. The van der Waals surface area contributed by atoms with E-state index in [1.165, 1.54) is 0 Å². The van der Waals surface area contributed by atoms with E-state index < -0.39 is 0 Å². The van der Waals surface area contributed by atoms with Crippen molar-refractivity contribution in [3.63, 3.8) is 0 Å². The van der Waals surface area contributed by atoms with Gasteiger partial charge in [-0.25, -0.2) is 4.98 Å². The molecule has 0 bridgehead atoms. The summed E-state index contributed by atoms with van der Waals surface area (Å²) in [5.74, 6) is 1.12. The topological polar surface area (TPSA) is 80.7 Å². The second-order valence-corrected chi connectivity index (χ2v) is 4.24. The van der Waals surface area contributed by atoms with Crippen LogP contribution in [-0.2, 0) is 0 Å². The molecular formula is C14H15N3O2. The zero-order valence-electron chi connectivity index (χ0n) is 10.8. The molecule has 2 rings (SSSR count). The smallest absolute Gasteiger partial charge is 0.220 e. The van der Waals surface area contributed by atoms with E-state index in [-0.39, 0.29) is 5.84 Å². The fourth-order valence-electron chi connectivity index (χ4n) is 1.62. The van der Waals surface area contributed by atoms with Gasteiger partial charge in [0.05, 0.1) is 0 Å². The minimum absolute atomic E-state index is 0.0271. The predicted octanol–water partition coefficient (Wildman–Crippen LogP) is 2.59. The Morgan fingerprint density at radius 1 is 1.21 bits per heavy atom. The Bertz CT molecular complexity index is 607. The first-order chi connectivity index (χ1) is 9.08. The van der Waals surface area contributed by atoms with Gasteiger partial charge < -0.3 is 15.7 Å². The average Bonchev–Trinajstić information content (AvgIpc) is 2.40. The first-order valence-corrected chi connectivity index (χ1v) is 5.79. The van der Waals surface area contributed by atoms with Crippen molar-refractivity contribution in [2.75, 3.05) is 0 Å². The summed E-state index contributed by atoms with van der Waals surface area (Å²) in [5, 5.41) is 11.7. The van der Waals surface area contributed by atoms with Crippen LogP contribution < -0.4 is 10.5 Å². The summed E-state index contributed by atoms with van der Waals surface area (Å²) in [6.45, 7) is 3.82. The van der Waals surface area contributed by atoms with Gasteiger partial charge in [0.2, 0.25) is 5.88 Å². The Kier molecular flexibility index (Phi) is 3.66. The van der Waals surface area contributed by atoms with Crippen LogP contribution in [0.4, 0.5) is 0 Å². The maximum absolute atomic E-state index is 8.69. The molecule has 0 unspecified atom stereocenters. The summed E-state index contributed by atoms with van der Waals surface area (Å²) in [4.78, 5) is 4.25. The van der Waals surface area contributed by atoms with Crippen molar-refractivity contribution in [1.29, 1.82) is 0 Å². The van der Waals surface area contributed by atoms with E-state index in [4.69, 9.17) is 15.7 Å². The van der Waals surface area contributed by atoms with Crippen molar-refractivity contribution in [3.8, 4) is 11.6 Å². The summed E-state index contributed by atoms with van der Waals surface area (Å²) >= 11 is 0. The largest absolute Gasteiger partial charge is 0.439 e. The summed E-state index contributed by atoms with van der Waals surface area (Å²) in [5.41, 5.74) is 8.01. The third kappa shape index (κ3) is 3.22. The number of nitrogens with two attached hydrogens (primary N) is 1. The van der Waals surface area contributed by atoms with Gasteiger partial charge in [0.15, 0.2) is 5.84 Å². The number of amidine groups is 1. The molecule has 2 aromatic rings. The molecule has 0 saturated heterocycles. The van der Waals surface area contributed by atoms with Crippen LogP contribution in [0.1, 0.15) is 16.8 Å². The van der Waals surface area contributed by atoms with E-state index in [1.54, 1.807) is 12.1 Å². The molecule has 5 heteroatoms. The van der Waals surface area contributed by atoms with Gasteiger partial charge >= 0.3 is 0 Å². The van der Waals surface area contributed by atoms with Crippen molar-refractivity contribution in [1.82, 2.24) is 4.98 Å². The number of pyridine rings is 1. The molecule has 0 spiro atoms. The normalized spacial score (nSPS) is 11.4. The fourth-order valence-corrected chi connectivity index (χ4v) is 1.62. The summed E-state index contributed by atoms with van der Waals surface area (Å²) in [7, 11) is 0. The molecule has 98 valence electrons. The second-order valence-electron chi connectivity index (χ2n) is 4.24. The van der Waals surface area contributed by atoms with Crippen LogP contribution in [0.15, 0.2) is 41.6 Å². The van der Waals surface area contributed by atoms with Crippen LogP contribution >= 0.6 is 0 Å². The van der Waals surface area contributed by atoms with Crippen molar-refractivity contribution in [2.24, 2.45) is 10.9 Å². The van der Waals surface area contributed by atoms with Crippen LogP contribution in [0, 0.1) is 13.8 Å². The molecule has 0 fully saturated rings. The van der Waals surface area contributed by atoms with Gasteiger partial charge in [0, 0.05) is 17.3 Å². The Hall–Kier alpha value is -2.56. The maximum atomic E-state index is 8.69. The SMILES string of the molecule is Cc1ccc(Oc2cc(/C(N)=N/O)cc(C)n2)cc1. The average molecular weight is 257 g/mol. The van der Waals surface area contributed by atoms with Gasteiger partial charge in [-0.2, -0.15) is 0 Å². The highest BCUT2D eigenvalue weighted by Crippen LogP contribution is 2.21. The standard InChI is InChI=1S/C14H15N3O2/c1-9-3-5-12(6-4-9)19-13-8-11(14(15)17-18)7-10(2)16-13/h3-8,18H,1-2H3,(H2,15,17). The Labute approximate surface area is 111 Å². The zero-order chi connectivity index (χ0) is 13.8. The zero-order valence-corrected chi connectivity index (χ0v) is 10.8. The van der Waals surface area contributed by atoms with Gasteiger partial charge in [-0.3, -0.25) is 0 Å². The fraction of sp³-hybridized carbons (Fsp3) is 0.143. The molecule has 0 saturated carbocycles. The Morgan fingerprint density at radius 3 is 2.53 bits per heavy atom. The summed E-state index contributed by atoms with van der Waals surface area (Å²) in [6.07, 6.45) is 0. The number of hydrogen-bond acceptors (Lipinski definition) is 4. The van der Waals surface area contributed by atoms with E-state index in [1.807, 2.05) is 38.1 Å². The lowest BCUT2D eigenvalue weighted by molar-refractivity contribution is 0.318. The van der Waals surface area contributed by atoms with Gasteiger partial charge in [0.25, 0.3) is 0 Å². The van der Waals surface area contributed by atoms with E-state index in [0.717, 1.165) is 11.3 Å². The monoisotopic (exact) mass is 257 g/mol. The number of rotatable bonds is 3. The number of oxime groups is 1. The highest BCUT2D eigenvalue weighted by atomic mass is 16.5. The highest BCUT2D eigenvalue weighted by Gasteiger charge is 2.06. The van der Waals surface area contributed by atoms with Crippen molar-refractivity contribution in [2.45, 2.75) is 13.8 Å². The Balaban J connectivity index is 2.30. The number of nitrogens with zero attached hydrogens (tertiary/aromatic N) is 2. The van der Waals surface area contributed by atoms with Crippen molar-refractivity contribution in [3.05, 3.63) is 53.2 Å². The molecule has 5 nitrogen and oxygen atoms in total. The van der Waals surface area contributed by atoms with Gasteiger partial charge in [-0.1, -0.05) is 22.9 Å². The van der Waals surface area contributed by atoms with Gasteiger partial charge in [-0.05, 0) is 32.0 Å². The lowest BCUT2D eigenvalue weighted by Crippen LogP contribution is -2.13. The van der Waals surface area contributed by atoms with E-state index in [0.29, 0.717) is 17.2 Å². The molecule has 1 aromatic carbocycles. The van der Waals surface area contributed by atoms with Crippen LogP contribution in [0.2, 0.25) is 0 Å². The lowest BCUT2D eigenvalue weighted by Gasteiger charge is -2.08. The molecule has 0 aliphatic carbocycles. The predicted molar refractivity (Wildman–Crippen MR) is 72.7 cm³/mol. The van der Waals surface area contributed by atoms with Crippen LogP contribution in [-0.4, -0.2) is 16.0 Å². The Morgan fingerprint density at radius 2 is 1.89 bits per heavy atom. The first kappa shape index (κ1) is 12.9. The number of aromatic nitrogens is 1. The van der Waals surface area contributed by atoms with Crippen molar-refractivity contribution < 1.29 is 9.94 Å². The van der Waals surface area contributed by atoms with E-state index in [2.05, 4.69) is 10.1 Å². The second kappa shape index (κ2) is 5.39. The molecule has 19 heavy (non-hydrogen) atoms. The molecular weight excluding hydrogens is 242 g/mol. The molecule has 1 heterocycles. The lowest BCUT2D eigenvalue weighted by atomic mass is 10.2. The molecule has 0 aliphatic rings. The number of benzene rings is 1. The molecule has 1 aromatic heterocycles. The third-order valence-electron chi connectivity index (χ3n) is 2.58.